The number of hydrogen-bond acceptors (Lipinski definition) is 5. The van der Waals surface area contributed by atoms with Crippen molar-refractivity contribution in [1.29, 1.82) is 0 Å². The van der Waals surface area contributed by atoms with E-state index in [9.17, 15) is 0 Å². The predicted octanol–water partition coefficient (Wildman–Crippen LogP) is 2.79. The maximum Gasteiger partial charge on any atom is 0.163 e. The first-order chi connectivity index (χ1) is 9.93. The molecule has 1 aromatic carbocycles. The summed E-state index contributed by atoms with van der Waals surface area (Å²) in [5, 5.41) is 11.5. The van der Waals surface area contributed by atoms with Crippen LogP contribution in [-0.2, 0) is 0 Å². The largest absolute Gasteiger partial charge is 0.496 e. The number of nitrogens with one attached hydrogen (secondary N) is 1. The van der Waals surface area contributed by atoms with E-state index in [1.54, 1.807) is 7.11 Å². The molecule has 2 aromatic rings. The van der Waals surface area contributed by atoms with E-state index in [2.05, 4.69) is 15.5 Å². The van der Waals surface area contributed by atoms with E-state index in [0.717, 1.165) is 33.8 Å². The summed E-state index contributed by atoms with van der Waals surface area (Å²) in [4.78, 5) is 0.304. The van der Waals surface area contributed by atoms with Gasteiger partial charge in [-0.25, -0.2) is 0 Å². The van der Waals surface area contributed by atoms with Crippen molar-refractivity contribution >= 4 is 28.7 Å². The molecule has 21 heavy (non-hydrogen) atoms. The number of aryl methyl sites for hydroxylation is 2. The average molecular weight is 302 g/mol. The lowest BCUT2D eigenvalue weighted by molar-refractivity contribution is 0.412. The van der Waals surface area contributed by atoms with Gasteiger partial charge in [0.2, 0.25) is 0 Å². The molecule has 0 spiro atoms. The zero-order valence-electron chi connectivity index (χ0n) is 12.5. The minimum Gasteiger partial charge on any atom is -0.496 e. The maximum absolute atomic E-state index is 5.82. The molecule has 0 atom stereocenters. The van der Waals surface area contributed by atoms with Crippen molar-refractivity contribution in [1.82, 2.24) is 10.2 Å². The van der Waals surface area contributed by atoms with Gasteiger partial charge in [0.25, 0.3) is 0 Å². The van der Waals surface area contributed by atoms with Crippen LogP contribution in [0.3, 0.4) is 0 Å². The Kier molecular flexibility index (Phi) is 4.37. The Morgan fingerprint density at radius 3 is 2.52 bits per heavy atom. The summed E-state index contributed by atoms with van der Waals surface area (Å²) in [6, 6.07) is 5.78. The van der Waals surface area contributed by atoms with Crippen LogP contribution in [0.5, 0.6) is 5.75 Å². The molecule has 5 nitrogen and oxygen atoms in total. The number of methoxy groups -OCH3 is 1. The highest BCUT2D eigenvalue weighted by Crippen LogP contribution is 2.26. The molecule has 0 aliphatic carbocycles. The Bertz CT molecular complexity index is 700. The highest BCUT2D eigenvalue weighted by atomic mass is 32.1. The summed E-state index contributed by atoms with van der Waals surface area (Å²) in [6.07, 6.45) is 0. The highest BCUT2D eigenvalue weighted by Gasteiger charge is 2.14. The molecule has 6 heteroatoms. The van der Waals surface area contributed by atoms with Gasteiger partial charge in [-0.15, -0.1) is 5.10 Å². The summed E-state index contributed by atoms with van der Waals surface area (Å²) in [7, 11) is 1.65. The predicted molar refractivity (Wildman–Crippen MR) is 88.4 cm³/mol. The van der Waals surface area contributed by atoms with Crippen molar-refractivity contribution in [3.63, 3.8) is 0 Å². The lowest BCUT2D eigenvalue weighted by Crippen LogP contribution is -2.16. The Balaban J connectivity index is 2.42. The Morgan fingerprint density at radius 2 is 1.95 bits per heavy atom. The fourth-order valence-corrected chi connectivity index (χ4v) is 2.34. The molecule has 3 N–H and O–H groups in total. The van der Waals surface area contributed by atoms with Gasteiger partial charge in [0.05, 0.1) is 18.4 Å². The van der Waals surface area contributed by atoms with Gasteiger partial charge in [0, 0.05) is 5.69 Å². The van der Waals surface area contributed by atoms with Crippen molar-refractivity contribution in [2.75, 3.05) is 12.4 Å². The molecule has 2 rings (SSSR count). The molecule has 0 fully saturated rings. The molecule has 1 heterocycles. The summed E-state index contributed by atoms with van der Waals surface area (Å²) in [5.41, 5.74) is 10.2. The smallest absolute Gasteiger partial charge is 0.163 e. The maximum atomic E-state index is 5.82. The van der Waals surface area contributed by atoms with Crippen molar-refractivity contribution in [3.8, 4) is 5.75 Å². The third-order valence-corrected chi connectivity index (χ3v) is 3.56. The van der Waals surface area contributed by atoms with E-state index in [-0.39, 0.29) is 0 Å². The van der Waals surface area contributed by atoms with Crippen LogP contribution >= 0.6 is 12.2 Å². The number of aromatic nitrogens is 2. The van der Waals surface area contributed by atoms with E-state index in [4.69, 9.17) is 22.7 Å². The van der Waals surface area contributed by atoms with E-state index in [1.165, 1.54) is 0 Å². The molecular formula is C15H18N4OS. The number of benzene rings is 1. The number of ether oxygens (including phenoxy) is 1. The molecule has 0 saturated heterocycles. The van der Waals surface area contributed by atoms with Gasteiger partial charge >= 0.3 is 0 Å². The topological polar surface area (TPSA) is 73.1 Å². The molecule has 0 unspecified atom stereocenters. The number of nitrogens with two attached hydrogens (primary N) is 1. The number of hydrogen-bond donors (Lipinski definition) is 2. The first-order valence-corrected chi connectivity index (χ1v) is 6.90. The summed E-state index contributed by atoms with van der Waals surface area (Å²) in [6.45, 7) is 5.79. The second-order valence-corrected chi connectivity index (χ2v) is 5.25. The highest BCUT2D eigenvalue weighted by molar-refractivity contribution is 7.80. The third kappa shape index (κ3) is 3.11. The van der Waals surface area contributed by atoms with Crippen LogP contribution in [0.4, 0.5) is 11.5 Å². The number of rotatable bonds is 4. The van der Waals surface area contributed by atoms with Crippen molar-refractivity contribution in [3.05, 3.63) is 40.6 Å². The first kappa shape index (κ1) is 15.2. The number of thiocarbonyl (C=S) groups is 1. The van der Waals surface area contributed by atoms with Crippen molar-refractivity contribution in [2.24, 2.45) is 5.73 Å². The van der Waals surface area contributed by atoms with Gasteiger partial charge in [-0.1, -0.05) is 12.2 Å². The third-order valence-electron chi connectivity index (χ3n) is 3.36. The average Bonchev–Trinajstić information content (AvgIpc) is 2.43. The molecule has 0 amide bonds. The van der Waals surface area contributed by atoms with Gasteiger partial charge in [0.15, 0.2) is 5.82 Å². The van der Waals surface area contributed by atoms with Crippen molar-refractivity contribution < 1.29 is 4.74 Å². The standard InChI is InChI=1S/C15H18N4OS/c1-8-7-11(5-6-12(8)20-4)17-15-13(14(16)21)9(2)10(3)18-19-15/h5-7H,1-4H3,(H2,16,21)(H,17,19). The van der Waals surface area contributed by atoms with Crippen LogP contribution in [0.25, 0.3) is 0 Å². The minimum atomic E-state index is 0.304. The van der Waals surface area contributed by atoms with Gasteiger partial charge in [-0.2, -0.15) is 5.10 Å². The Labute approximate surface area is 129 Å². The quantitative estimate of drug-likeness (QED) is 0.846. The Morgan fingerprint density at radius 1 is 1.24 bits per heavy atom. The van der Waals surface area contributed by atoms with E-state index < -0.39 is 0 Å². The normalized spacial score (nSPS) is 10.3. The van der Waals surface area contributed by atoms with E-state index >= 15 is 0 Å². The number of anilines is 2. The molecule has 0 radical (unpaired) electrons. The fraction of sp³-hybridized carbons (Fsp3) is 0.267. The SMILES string of the molecule is COc1ccc(Nc2nnc(C)c(C)c2C(N)=S)cc1C. The monoisotopic (exact) mass is 302 g/mol. The van der Waals surface area contributed by atoms with Gasteiger partial charge in [0.1, 0.15) is 10.7 Å². The van der Waals surface area contributed by atoms with E-state index in [0.29, 0.717) is 10.8 Å². The van der Waals surface area contributed by atoms with Crippen LogP contribution < -0.4 is 15.8 Å². The van der Waals surface area contributed by atoms with Crippen LogP contribution in [0.2, 0.25) is 0 Å². The van der Waals surface area contributed by atoms with Gasteiger partial charge < -0.3 is 15.8 Å². The zero-order valence-corrected chi connectivity index (χ0v) is 13.3. The van der Waals surface area contributed by atoms with E-state index in [1.807, 2.05) is 39.0 Å². The summed E-state index contributed by atoms with van der Waals surface area (Å²) in [5.74, 6) is 1.40. The molecule has 0 aliphatic rings. The summed E-state index contributed by atoms with van der Waals surface area (Å²) >= 11 is 5.13. The lowest BCUT2D eigenvalue weighted by Gasteiger charge is -2.14. The molecule has 0 aliphatic heterocycles. The van der Waals surface area contributed by atoms with Crippen LogP contribution in [0.1, 0.15) is 22.4 Å². The second kappa shape index (κ2) is 6.05. The second-order valence-electron chi connectivity index (χ2n) is 4.81. The first-order valence-electron chi connectivity index (χ1n) is 6.49. The van der Waals surface area contributed by atoms with Crippen LogP contribution in [-0.4, -0.2) is 22.3 Å². The van der Waals surface area contributed by atoms with Crippen LogP contribution in [0.15, 0.2) is 18.2 Å². The molecular weight excluding hydrogens is 284 g/mol. The minimum absolute atomic E-state index is 0.304. The summed E-state index contributed by atoms with van der Waals surface area (Å²) < 4.78 is 5.25. The van der Waals surface area contributed by atoms with Crippen LogP contribution in [0, 0.1) is 20.8 Å². The molecule has 110 valence electrons. The number of nitrogens with zero attached hydrogens (tertiary/aromatic N) is 2. The Hall–Kier alpha value is -2.21. The van der Waals surface area contributed by atoms with Gasteiger partial charge in [-0.3, -0.25) is 0 Å². The molecule has 0 bridgehead atoms. The fourth-order valence-electron chi connectivity index (χ4n) is 2.09. The lowest BCUT2D eigenvalue weighted by atomic mass is 10.1. The van der Waals surface area contributed by atoms with Crippen molar-refractivity contribution in [2.45, 2.75) is 20.8 Å². The molecule has 1 aromatic heterocycles. The molecule has 0 saturated carbocycles. The van der Waals surface area contributed by atoms with Gasteiger partial charge in [-0.05, 0) is 50.1 Å². The zero-order chi connectivity index (χ0) is 15.6.